The van der Waals surface area contributed by atoms with Crippen molar-refractivity contribution in [3.63, 3.8) is 0 Å². The second-order valence-electron chi connectivity index (χ2n) is 8.10. The lowest BCUT2D eigenvalue weighted by Crippen LogP contribution is -2.40. The van der Waals surface area contributed by atoms with Crippen LogP contribution in [0.1, 0.15) is 40.5 Å². The number of carbonyl (C=O) groups is 1. The summed E-state index contributed by atoms with van der Waals surface area (Å²) in [6, 6.07) is 12.9. The van der Waals surface area contributed by atoms with Crippen molar-refractivity contribution in [1.29, 1.82) is 0 Å². The maximum Gasteiger partial charge on any atom is 0.281 e. The van der Waals surface area contributed by atoms with E-state index in [0.717, 1.165) is 18.4 Å². The molecule has 10 heteroatoms. The van der Waals surface area contributed by atoms with Crippen LogP contribution in [0.5, 0.6) is 0 Å². The Morgan fingerprint density at radius 3 is 2.82 bits per heavy atom. The van der Waals surface area contributed by atoms with Crippen molar-refractivity contribution in [2.45, 2.75) is 25.3 Å². The number of fused-ring (bicyclic) bond motifs is 1. The Hall–Kier alpha value is -3.59. The summed E-state index contributed by atoms with van der Waals surface area (Å²) >= 11 is 6.08. The van der Waals surface area contributed by atoms with Crippen LogP contribution in [0.3, 0.4) is 0 Å². The molecule has 4 aromatic rings. The van der Waals surface area contributed by atoms with Gasteiger partial charge in [-0.05, 0) is 54.8 Å². The van der Waals surface area contributed by atoms with Crippen molar-refractivity contribution in [3.05, 3.63) is 86.7 Å². The minimum absolute atomic E-state index is 0.144. The smallest absolute Gasteiger partial charge is 0.281 e. The van der Waals surface area contributed by atoms with E-state index >= 15 is 0 Å². The molecule has 2 aromatic carbocycles. The van der Waals surface area contributed by atoms with Crippen LogP contribution in [0.15, 0.2) is 53.3 Å². The van der Waals surface area contributed by atoms with Gasteiger partial charge in [-0.15, -0.1) is 5.10 Å². The summed E-state index contributed by atoms with van der Waals surface area (Å²) in [6.45, 7) is 1.36. The molecule has 0 spiro atoms. The van der Waals surface area contributed by atoms with Crippen molar-refractivity contribution in [3.8, 4) is 0 Å². The van der Waals surface area contributed by atoms with Crippen molar-refractivity contribution < 1.29 is 9.18 Å². The quantitative estimate of drug-likeness (QED) is 0.497. The lowest BCUT2D eigenvalue weighted by Gasteiger charge is -2.32. The molecule has 1 atom stereocenters. The van der Waals surface area contributed by atoms with Gasteiger partial charge in [-0.25, -0.2) is 14.1 Å². The predicted octanol–water partition coefficient (Wildman–Crippen LogP) is 3.38. The van der Waals surface area contributed by atoms with Crippen LogP contribution >= 0.6 is 11.6 Å². The molecule has 1 saturated heterocycles. The molecule has 0 aliphatic carbocycles. The molecule has 0 unspecified atom stereocenters. The highest BCUT2D eigenvalue weighted by Gasteiger charge is 2.28. The largest absolute Gasteiger partial charge is 0.338 e. The van der Waals surface area contributed by atoms with Gasteiger partial charge in [-0.2, -0.15) is 0 Å². The van der Waals surface area contributed by atoms with Crippen molar-refractivity contribution in [2.24, 2.45) is 0 Å². The van der Waals surface area contributed by atoms with Crippen LogP contribution in [0.25, 0.3) is 11.2 Å². The zero-order valence-electron chi connectivity index (χ0n) is 17.5. The maximum absolute atomic E-state index is 13.2. The van der Waals surface area contributed by atoms with E-state index in [0.29, 0.717) is 41.7 Å². The fourth-order valence-electron chi connectivity index (χ4n) is 4.15. The van der Waals surface area contributed by atoms with E-state index in [4.69, 9.17) is 11.6 Å². The SMILES string of the molecule is O=C(c1ccc(F)cc1)N1CCC[C@H](c2nc3c(nnn3Cc3cccc(Cl)c3)c(=O)[nH]2)C1. The number of amides is 1. The van der Waals surface area contributed by atoms with E-state index in [-0.39, 0.29) is 28.7 Å². The highest BCUT2D eigenvalue weighted by Crippen LogP contribution is 2.26. The summed E-state index contributed by atoms with van der Waals surface area (Å²) in [5.74, 6) is -0.203. The number of rotatable bonds is 4. The predicted molar refractivity (Wildman–Crippen MR) is 121 cm³/mol. The lowest BCUT2D eigenvalue weighted by molar-refractivity contribution is 0.0704. The number of carbonyl (C=O) groups excluding carboxylic acids is 1. The van der Waals surface area contributed by atoms with Crippen LogP contribution in [-0.2, 0) is 6.54 Å². The van der Waals surface area contributed by atoms with Gasteiger partial charge in [-0.1, -0.05) is 28.9 Å². The zero-order valence-corrected chi connectivity index (χ0v) is 18.3. The molecule has 3 heterocycles. The summed E-state index contributed by atoms with van der Waals surface area (Å²) in [4.78, 5) is 34.8. The molecular formula is C23H20ClFN6O2. The Morgan fingerprint density at radius 1 is 1.21 bits per heavy atom. The molecule has 168 valence electrons. The number of aromatic nitrogens is 5. The topological polar surface area (TPSA) is 96.8 Å². The van der Waals surface area contributed by atoms with E-state index in [9.17, 15) is 14.0 Å². The average Bonchev–Trinajstić information content (AvgIpc) is 3.22. The van der Waals surface area contributed by atoms with Crippen LogP contribution in [0.4, 0.5) is 4.39 Å². The Labute approximate surface area is 193 Å². The summed E-state index contributed by atoms with van der Waals surface area (Å²) < 4.78 is 14.8. The number of nitrogens with zero attached hydrogens (tertiary/aromatic N) is 5. The number of piperidine rings is 1. The normalized spacial score (nSPS) is 16.3. The number of benzene rings is 2. The molecule has 0 bridgehead atoms. The maximum atomic E-state index is 13.2. The average molecular weight is 467 g/mol. The van der Waals surface area contributed by atoms with Gasteiger partial charge < -0.3 is 9.88 Å². The summed E-state index contributed by atoms with van der Waals surface area (Å²) in [5, 5.41) is 8.70. The molecule has 0 saturated carbocycles. The minimum atomic E-state index is -0.388. The van der Waals surface area contributed by atoms with Crippen LogP contribution < -0.4 is 5.56 Å². The first-order valence-electron chi connectivity index (χ1n) is 10.6. The van der Waals surface area contributed by atoms with Crippen molar-refractivity contribution >= 4 is 28.7 Å². The Bertz CT molecular complexity index is 1380. The number of H-pyrrole nitrogens is 1. The monoisotopic (exact) mass is 466 g/mol. The molecule has 0 radical (unpaired) electrons. The third kappa shape index (κ3) is 4.36. The Kier molecular flexibility index (Phi) is 5.63. The molecule has 1 fully saturated rings. The van der Waals surface area contributed by atoms with E-state index < -0.39 is 0 Å². The summed E-state index contributed by atoms with van der Waals surface area (Å²) in [7, 11) is 0. The number of nitrogens with one attached hydrogen (secondary N) is 1. The van der Waals surface area contributed by atoms with Gasteiger partial charge in [0.15, 0.2) is 11.2 Å². The highest BCUT2D eigenvalue weighted by molar-refractivity contribution is 6.30. The first kappa shape index (κ1) is 21.3. The van der Waals surface area contributed by atoms with Crippen molar-refractivity contribution in [2.75, 3.05) is 13.1 Å². The highest BCUT2D eigenvalue weighted by atomic mass is 35.5. The number of aromatic amines is 1. The molecule has 1 N–H and O–H groups in total. The fourth-order valence-corrected chi connectivity index (χ4v) is 4.36. The minimum Gasteiger partial charge on any atom is -0.338 e. The first-order chi connectivity index (χ1) is 16.0. The standard InChI is InChI=1S/C23H20ClFN6O2/c24-17-5-1-3-14(11-17)12-31-21-19(28-29-31)22(32)27-20(26-21)16-4-2-10-30(13-16)23(33)15-6-8-18(25)9-7-15/h1,3,5-9,11,16H,2,4,10,12-13H2,(H,26,27,32)/t16-/m0/s1. The van der Waals surface area contributed by atoms with E-state index in [2.05, 4.69) is 20.3 Å². The van der Waals surface area contributed by atoms with Gasteiger partial charge in [0.2, 0.25) is 0 Å². The molecule has 1 amide bonds. The third-order valence-electron chi connectivity index (χ3n) is 5.80. The molecule has 8 nitrogen and oxygen atoms in total. The molecular weight excluding hydrogens is 447 g/mol. The molecule has 1 aliphatic rings. The van der Waals surface area contributed by atoms with Gasteiger partial charge in [0.1, 0.15) is 11.6 Å². The summed E-state index contributed by atoms with van der Waals surface area (Å²) in [6.07, 6.45) is 1.54. The van der Waals surface area contributed by atoms with Crippen LogP contribution in [-0.4, -0.2) is 48.9 Å². The fraction of sp³-hybridized carbons (Fsp3) is 0.261. The van der Waals surface area contributed by atoms with Gasteiger partial charge in [-0.3, -0.25) is 9.59 Å². The van der Waals surface area contributed by atoms with Crippen LogP contribution in [0.2, 0.25) is 5.02 Å². The molecule has 1 aliphatic heterocycles. The van der Waals surface area contributed by atoms with Gasteiger partial charge >= 0.3 is 0 Å². The van der Waals surface area contributed by atoms with E-state index in [1.54, 1.807) is 15.6 Å². The molecule has 33 heavy (non-hydrogen) atoms. The zero-order chi connectivity index (χ0) is 22.9. The number of halogens is 2. The van der Waals surface area contributed by atoms with E-state index in [1.165, 1.54) is 24.3 Å². The third-order valence-corrected chi connectivity index (χ3v) is 6.03. The van der Waals surface area contributed by atoms with Gasteiger partial charge in [0.25, 0.3) is 11.5 Å². The number of hydrogen-bond acceptors (Lipinski definition) is 5. The lowest BCUT2D eigenvalue weighted by atomic mass is 9.96. The Balaban J connectivity index is 1.42. The number of hydrogen-bond donors (Lipinski definition) is 1. The first-order valence-corrected chi connectivity index (χ1v) is 11.0. The van der Waals surface area contributed by atoms with Crippen molar-refractivity contribution in [1.82, 2.24) is 29.9 Å². The number of likely N-dealkylation sites (tertiary alicyclic amines) is 1. The van der Waals surface area contributed by atoms with Gasteiger partial charge in [0.05, 0.1) is 6.54 Å². The second-order valence-corrected chi connectivity index (χ2v) is 8.53. The molecule has 2 aromatic heterocycles. The second kappa shape index (κ2) is 8.74. The van der Waals surface area contributed by atoms with Gasteiger partial charge in [0, 0.05) is 29.6 Å². The van der Waals surface area contributed by atoms with E-state index in [1.807, 2.05) is 18.2 Å². The molecule has 5 rings (SSSR count). The Morgan fingerprint density at radius 2 is 2.03 bits per heavy atom. The summed E-state index contributed by atoms with van der Waals surface area (Å²) in [5.41, 5.74) is 1.52. The van der Waals surface area contributed by atoms with Crippen LogP contribution in [0, 0.1) is 5.82 Å².